The van der Waals surface area contributed by atoms with E-state index in [9.17, 15) is 24.6 Å². The third kappa shape index (κ3) is 3.13. The Labute approximate surface area is 195 Å². The molecule has 8 atom stereocenters. The van der Waals surface area contributed by atoms with Crippen molar-refractivity contribution in [1.29, 1.82) is 0 Å². The molecule has 2 aliphatic heterocycles. The molecule has 2 saturated heterocycles. The minimum atomic E-state index is -2.27. The largest absolute Gasteiger partial charge is 0.454 e. The molecule has 0 aromatic carbocycles. The molecule has 8 heteroatoms. The molecule has 2 N–H and O–H groups in total. The number of Topliss-reactive ketones (excluding diaryl/α,β-unsaturated/α-hetero) is 2. The van der Waals surface area contributed by atoms with Gasteiger partial charge in [0.25, 0.3) is 0 Å². The van der Waals surface area contributed by atoms with Crippen LogP contribution in [0.15, 0.2) is 0 Å². The van der Waals surface area contributed by atoms with Crippen LogP contribution in [-0.2, 0) is 28.6 Å². The summed E-state index contributed by atoms with van der Waals surface area (Å²) in [5.41, 5.74) is -7.23. The Kier molecular flexibility index (Phi) is 5.68. The van der Waals surface area contributed by atoms with Crippen LogP contribution in [-0.4, -0.2) is 69.5 Å². The highest BCUT2D eigenvalue weighted by Gasteiger charge is 2.81. The van der Waals surface area contributed by atoms with Gasteiger partial charge >= 0.3 is 5.97 Å². The second kappa shape index (κ2) is 7.57. The summed E-state index contributed by atoms with van der Waals surface area (Å²) >= 11 is 0. The van der Waals surface area contributed by atoms with Crippen molar-refractivity contribution in [2.75, 3.05) is 6.61 Å². The molecule has 2 heterocycles. The number of carbonyl (C=O) groups is 3. The van der Waals surface area contributed by atoms with Crippen LogP contribution in [0.2, 0.25) is 0 Å². The van der Waals surface area contributed by atoms with Gasteiger partial charge < -0.3 is 24.4 Å². The Morgan fingerprint density at radius 1 is 1.15 bits per heavy atom. The lowest BCUT2D eigenvalue weighted by Gasteiger charge is -2.69. The summed E-state index contributed by atoms with van der Waals surface area (Å²) in [5, 5.41) is 24.1. The van der Waals surface area contributed by atoms with Crippen LogP contribution in [0, 0.1) is 16.7 Å². The van der Waals surface area contributed by atoms with Crippen molar-refractivity contribution in [2.45, 2.75) is 115 Å². The number of rotatable bonds is 3. The number of carbonyl (C=O) groups excluding carboxylic acids is 3. The quantitative estimate of drug-likeness (QED) is 0.607. The minimum Gasteiger partial charge on any atom is -0.454 e. The second-order valence-corrected chi connectivity index (χ2v) is 11.8. The molecule has 0 aromatic rings. The SMILES string of the molecule is CC[C@@]1(C)CC(=O)[C@]2(O)[C@@]3(C)C(=O)CCC(C)(C)[C@@H]3[C@H](O)[C@H](OC(=O)C3CCCO3)[C@@]2(C)O1. The first-order valence-electron chi connectivity index (χ1n) is 12.2. The van der Waals surface area contributed by atoms with E-state index >= 15 is 0 Å². The lowest BCUT2D eigenvalue weighted by atomic mass is 9.40. The Bertz CT molecular complexity index is 862. The van der Waals surface area contributed by atoms with E-state index in [1.165, 1.54) is 6.92 Å². The van der Waals surface area contributed by atoms with Gasteiger partial charge in [0.2, 0.25) is 0 Å². The smallest absolute Gasteiger partial charge is 0.335 e. The average Bonchev–Trinajstić information content (AvgIpc) is 3.26. The zero-order chi connectivity index (χ0) is 24.6. The molecule has 2 saturated carbocycles. The zero-order valence-corrected chi connectivity index (χ0v) is 20.6. The van der Waals surface area contributed by atoms with E-state index in [-0.39, 0.29) is 18.6 Å². The number of esters is 1. The third-order valence-corrected chi connectivity index (χ3v) is 9.28. The van der Waals surface area contributed by atoms with Gasteiger partial charge in [-0.05, 0) is 51.9 Å². The number of fused-ring (bicyclic) bond motifs is 3. The summed E-state index contributed by atoms with van der Waals surface area (Å²) in [6.45, 7) is 11.0. The van der Waals surface area contributed by atoms with E-state index in [0.29, 0.717) is 25.9 Å². The van der Waals surface area contributed by atoms with E-state index in [0.717, 1.165) is 6.42 Å². The van der Waals surface area contributed by atoms with Crippen molar-refractivity contribution in [3.8, 4) is 0 Å². The molecule has 0 spiro atoms. The molecular weight excluding hydrogens is 428 g/mol. The fourth-order valence-corrected chi connectivity index (χ4v) is 7.32. The lowest BCUT2D eigenvalue weighted by Crippen LogP contribution is -2.86. The van der Waals surface area contributed by atoms with E-state index in [2.05, 4.69) is 0 Å². The van der Waals surface area contributed by atoms with Crippen molar-refractivity contribution in [3.05, 3.63) is 0 Å². The maximum atomic E-state index is 13.8. The molecule has 8 nitrogen and oxygen atoms in total. The summed E-state index contributed by atoms with van der Waals surface area (Å²) in [5.74, 6) is -2.25. The predicted octanol–water partition coefficient (Wildman–Crippen LogP) is 2.11. The fraction of sp³-hybridized carbons (Fsp3) is 0.880. The highest BCUT2D eigenvalue weighted by Crippen LogP contribution is 2.66. The highest BCUT2D eigenvalue weighted by molar-refractivity contribution is 6.00. The Morgan fingerprint density at radius 2 is 1.82 bits per heavy atom. The van der Waals surface area contributed by atoms with Gasteiger partial charge in [0, 0.05) is 25.4 Å². The summed E-state index contributed by atoms with van der Waals surface area (Å²) in [6, 6.07) is 0. The van der Waals surface area contributed by atoms with Gasteiger partial charge in [-0.2, -0.15) is 0 Å². The van der Waals surface area contributed by atoms with Crippen molar-refractivity contribution < 1.29 is 38.8 Å². The van der Waals surface area contributed by atoms with Crippen LogP contribution < -0.4 is 0 Å². The molecule has 4 aliphatic rings. The van der Waals surface area contributed by atoms with Crippen LogP contribution in [0.1, 0.15) is 80.1 Å². The molecule has 33 heavy (non-hydrogen) atoms. The van der Waals surface area contributed by atoms with Crippen molar-refractivity contribution >= 4 is 17.5 Å². The van der Waals surface area contributed by atoms with Gasteiger partial charge in [0.1, 0.15) is 11.4 Å². The normalized spacial score (nSPS) is 49.3. The fourth-order valence-electron chi connectivity index (χ4n) is 7.32. The van der Waals surface area contributed by atoms with Crippen molar-refractivity contribution in [3.63, 3.8) is 0 Å². The first-order valence-corrected chi connectivity index (χ1v) is 12.2. The maximum absolute atomic E-state index is 13.8. The van der Waals surface area contributed by atoms with E-state index in [4.69, 9.17) is 14.2 Å². The molecule has 0 amide bonds. The molecule has 2 aliphatic carbocycles. The Hall–Kier alpha value is -1.35. The molecule has 0 bridgehead atoms. The monoisotopic (exact) mass is 466 g/mol. The molecule has 0 radical (unpaired) electrons. The van der Waals surface area contributed by atoms with Gasteiger partial charge in [-0.15, -0.1) is 0 Å². The Balaban J connectivity index is 1.90. The lowest BCUT2D eigenvalue weighted by molar-refractivity contribution is -0.354. The molecule has 0 aromatic heterocycles. The topological polar surface area (TPSA) is 119 Å². The summed E-state index contributed by atoms with van der Waals surface area (Å²) in [4.78, 5) is 40.3. The summed E-state index contributed by atoms with van der Waals surface area (Å²) in [7, 11) is 0. The predicted molar refractivity (Wildman–Crippen MR) is 117 cm³/mol. The van der Waals surface area contributed by atoms with Crippen LogP contribution in [0.3, 0.4) is 0 Å². The molecular formula is C25H38O8. The Morgan fingerprint density at radius 3 is 2.39 bits per heavy atom. The van der Waals surface area contributed by atoms with Crippen molar-refractivity contribution in [1.82, 2.24) is 0 Å². The number of ketones is 2. The minimum absolute atomic E-state index is 0.0753. The number of aliphatic hydroxyl groups excluding tert-OH is 1. The van der Waals surface area contributed by atoms with Crippen LogP contribution >= 0.6 is 0 Å². The van der Waals surface area contributed by atoms with Gasteiger partial charge in [0.05, 0.1) is 17.1 Å². The first kappa shape index (κ1) is 24.8. The van der Waals surface area contributed by atoms with E-state index in [1.807, 2.05) is 20.8 Å². The zero-order valence-electron chi connectivity index (χ0n) is 20.6. The number of aliphatic hydroxyl groups is 2. The van der Waals surface area contributed by atoms with Crippen LogP contribution in [0.5, 0.6) is 0 Å². The van der Waals surface area contributed by atoms with E-state index < -0.39 is 63.6 Å². The van der Waals surface area contributed by atoms with Crippen LogP contribution in [0.25, 0.3) is 0 Å². The third-order valence-electron chi connectivity index (χ3n) is 9.28. The number of hydrogen-bond donors (Lipinski definition) is 2. The first-order chi connectivity index (χ1) is 15.2. The highest BCUT2D eigenvalue weighted by atomic mass is 16.6. The number of ether oxygens (including phenoxy) is 3. The molecule has 4 fully saturated rings. The number of hydrogen-bond acceptors (Lipinski definition) is 8. The van der Waals surface area contributed by atoms with Crippen molar-refractivity contribution in [2.24, 2.45) is 16.7 Å². The maximum Gasteiger partial charge on any atom is 0.335 e. The average molecular weight is 467 g/mol. The standard InChI is InChI=1S/C25H38O8/c1-7-22(4)13-16(27)25(30)23(5)15(26)10-11-21(2,3)18(23)17(28)19(24(25,6)33-22)32-20(29)14-9-8-12-31-14/h14,17-19,28,30H,7-13H2,1-6H3/t14?,17-,18-,19-,22-,23-,24+,25-/m0/s1. The van der Waals surface area contributed by atoms with Gasteiger partial charge in [-0.3, -0.25) is 9.59 Å². The van der Waals surface area contributed by atoms with Gasteiger partial charge in [-0.25, -0.2) is 4.79 Å². The molecule has 186 valence electrons. The van der Waals surface area contributed by atoms with Gasteiger partial charge in [-0.1, -0.05) is 20.8 Å². The summed E-state index contributed by atoms with van der Waals surface area (Å²) in [6.07, 6.45) is -1.15. The second-order valence-electron chi connectivity index (χ2n) is 11.8. The molecule has 1 unspecified atom stereocenters. The van der Waals surface area contributed by atoms with Crippen LogP contribution in [0.4, 0.5) is 0 Å². The van der Waals surface area contributed by atoms with Gasteiger partial charge in [0.15, 0.2) is 23.6 Å². The molecule has 4 rings (SSSR count). The van der Waals surface area contributed by atoms with E-state index in [1.54, 1.807) is 13.8 Å². The summed E-state index contributed by atoms with van der Waals surface area (Å²) < 4.78 is 17.8.